The first-order valence-electron chi connectivity index (χ1n) is 7.26. The Morgan fingerprint density at radius 1 is 1.00 bits per heavy atom. The first-order valence-corrected chi connectivity index (χ1v) is 7.26. The third-order valence-corrected chi connectivity index (χ3v) is 3.03. The standard InChI is InChI=1S/C17H13F4NO4/c18-13-6-1-2-7-14(13)22-15(23)9-26-16(24)10-25-12-5-3-4-11(8-12)17(19,20)21/h1-8H,9-10H2,(H,22,23). The molecular weight excluding hydrogens is 358 g/mol. The Labute approximate surface area is 145 Å². The summed E-state index contributed by atoms with van der Waals surface area (Å²) in [5.74, 6) is -2.57. The van der Waals surface area contributed by atoms with Crippen molar-refractivity contribution in [1.82, 2.24) is 0 Å². The van der Waals surface area contributed by atoms with Crippen molar-refractivity contribution < 1.29 is 36.6 Å². The van der Waals surface area contributed by atoms with Crippen molar-refractivity contribution in [2.75, 3.05) is 18.5 Å². The van der Waals surface area contributed by atoms with Crippen molar-refractivity contribution in [2.45, 2.75) is 6.18 Å². The molecule has 26 heavy (non-hydrogen) atoms. The predicted octanol–water partition coefficient (Wildman–Crippen LogP) is 3.41. The number of benzene rings is 2. The van der Waals surface area contributed by atoms with Gasteiger partial charge in [0.05, 0.1) is 11.3 Å². The van der Waals surface area contributed by atoms with Gasteiger partial charge in [-0.2, -0.15) is 13.2 Å². The molecule has 0 aliphatic heterocycles. The Morgan fingerprint density at radius 2 is 1.73 bits per heavy atom. The lowest BCUT2D eigenvalue weighted by molar-refractivity contribution is -0.149. The smallest absolute Gasteiger partial charge is 0.416 e. The molecule has 0 heterocycles. The molecule has 9 heteroatoms. The average molecular weight is 371 g/mol. The van der Waals surface area contributed by atoms with Crippen molar-refractivity contribution in [3.05, 3.63) is 59.9 Å². The van der Waals surface area contributed by atoms with Crippen molar-refractivity contribution in [2.24, 2.45) is 0 Å². The Kier molecular flexibility index (Phi) is 6.16. The van der Waals surface area contributed by atoms with Crippen molar-refractivity contribution >= 4 is 17.6 Å². The Bertz CT molecular complexity index is 792. The second-order valence-corrected chi connectivity index (χ2v) is 5.00. The number of amides is 1. The number of nitrogens with one attached hydrogen (secondary N) is 1. The summed E-state index contributed by atoms with van der Waals surface area (Å²) in [6, 6.07) is 9.38. The first kappa shape index (κ1) is 19.2. The molecule has 0 aliphatic rings. The van der Waals surface area contributed by atoms with Gasteiger partial charge in [-0.15, -0.1) is 0 Å². The number of carbonyl (C=O) groups is 2. The monoisotopic (exact) mass is 371 g/mol. The van der Waals surface area contributed by atoms with Gasteiger partial charge in [-0.25, -0.2) is 9.18 Å². The summed E-state index contributed by atoms with van der Waals surface area (Å²) in [6.45, 7) is -1.38. The van der Waals surface area contributed by atoms with E-state index in [1.54, 1.807) is 0 Å². The van der Waals surface area contributed by atoms with E-state index in [0.29, 0.717) is 0 Å². The third-order valence-electron chi connectivity index (χ3n) is 3.03. The summed E-state index contributed by atoms with van der Waals surface area (Å²) >= 11 is 0. The average Bonchev–Trinajstić information content (AvgIpc) is 2.60. The van der Waals surface area contributed by atoms with Crippen molar-refractivity contribution in [3.8, 4) is 5.75 Å². The van der Waals surface area contributed by atoms with E-state index in [1.165, 1.54) is 24.3 Å². The second kappa shape index (κ2) is 8.32. The minimum absolute atomic E-state index is 0.0752. The van der Waals surface area contributed by atoms with Gasteiger partial charge in [-0.1, -0.05) is 18.2 Å². The molecule has 0 spiro atoms. The molecule has 0 fully saturated rings. The van der Waals surface area contributed by atoms with Crippen LogP contribution in [0.3, 0.4) is 0 Å². The molecule has 0 aromatic heterocycles. The van der Waals surface area contributed by atoms with E-state index >= 15 is 0 Å². The van der Waals surface area contributed by atoms with Crippen LogP contribution in [0.1, 0.15) is 5.56 Å². The van der Waals surface area contributed by atoms with E-state index in [9.17, 15) is 27.2 Å². The number of alkyl halides is 3. The summed E-state index contributed by atoms with van der Waals surface area (Å²) in [4.78, 5) is 23.1. The molecule has 0 radical (unpaired) electrons. The number of hydrogen-bond acceptors (Lipinski definition) is 4. The number of anilines is 1. The van der Waals surface area contributed by atoms with Gasteiger partial charge < -0.3 is 14.8 Å². The number of carbonyl (C=O) groups excluding carboxylic acids is 2. The van der Waals surface area contributed by atoms with E-state index in [1.807, 2.05) is 0 Å². The summed E-state index contributed by atoms with van der Waals surface area (Å²) in [5.41, 5.74) is -0.999. The van der Waals surface area contributed by atoms with Crippen LogP contribution >= 0.6 is 0 Å². The maximum absolute atomic E-state index is 13.4. The van der Waals surface area contributed by atoms with Gasteiger partial charge in [0.2, 0.25) is 0 Å². The fourth-order valence-electron chi connectivity index (χ4n) is 1.84. The van der Waals surface area contributed by atoms with Gasteiger partial charge in [0, 0.05) is 0 Å². The summed E-state index contributed by atoms with van der Waals surface area (Å²) in [5, 5.41) is 2.21. The van der Waals surface area contributed by atoms with Crippen LogP contribution in [0.25, 0.3) is 0 Å². The van der Waals surface area contributed by atoms with Gasteiger partial charge in [0.15, 0.2) is 13.2 Å². The molecule has 1 N–H and O–H groups in total. The Morgan fingerprint density at radius 3 is 2.42 bits per heavy atom. The molecule has 0 atom stereocenters. The third kappa shape index (κ3) is 5.76. The highest BCUT2D eigenvalue weighted by molar-refractivity contribution is 5.92. The highest BCUT2D eigenvalue weighted by Crippen LogP contribution is 2.31. The van der Waals surface area contributed by atoms with Crippen LogP contribution in [0.15, 0.2) is 48.5 Å². The van der Waals surface area contributed by atoms with E-state index in [0.717, 1.165) is 24.3 Å². The van der Waals surface area contributed by atoms with E-state index in [2.05, 4.69) is 10.1 Å². The minimum Gasteiger partial charge on any atom is -0.482 e. The van der Waals surface area contributed by atoms with Crippen molar-refractivity contribution in [1.29, 1.82) is 0 Å². The quantitative estimate of drug-likeness (QED) is 0.624. The van der Waals surface area contributed by atoms with Crippen molar-refractivity contribution in [3.63, 3.8) is 0 Å². The van der Waals surface area contributed by atoms with Crippen LogP contribution in [-0.2, 0) is 20.5 Å². The molecule has 0 saturated heterocycles. The molecule has 0 unspecified atom stereocenters. The zero-order valence-corrected chi connectivity index (χ0v) is 13.2. The number of ether oxygens (including phenoxy) is 2. The molecule has 2 aromatic rings. The van der Waals surface area contributed by atoms with Crippen LogP contribution in [0.2, 0.25) is 0 Å². The molecule has 138 valence electrons. The molecule has 2 aromatic carbocycles. The molecule has 0 saturated carbocycles. The Hall–Kier alpha value is -3.10. The van der Waals surface area contributed by atoms with Crippen LogP contribution in [-0.4, -0.2) is 25.1 Å². The Balaban J connectivity index is 1.79. The summed E-state index contributed by atoms with van der Waals surface area (Å²) in [6.07, 6.45) is -4.54. The first-order chi connectivity index (χ1) is 12.3. The molecule has 2 rings (SSSR count). The maximum Gasteiger partial charge on any atom is 0.416 e. The van der Waals surface area contributed by atoms with Gasteiger partial charge in [0.25, 0.3) is 5.91 Å². The molecular formula is C17H13F4NO4. The topological polar surface area (TPSA) is 64.6 Å². The second-order valence-electron chi connectivity index (χ2n) is 5.00. The SMILES string of the molecule is O=C(COC(=O)COc1cccc(C(F)(F)F)c1)Nc1ccccc1F. The molecule has 1 amide bonds. The van der Waals surface area contributed by atoms with Crippen LogP contribution in [0, 0.1) is 5.82 Å². The van der Waals surface area contributed by atoms with Gasteiger partial charge in [-0.3, -0.25) is 4.79 Å². The summed E-state index contributed by atoms with van der Waals surface area (Å²) in [7, 11) is 0. The minimum atomic E-state index is -4.54. The largest absolute Gasteiger partial charge is 0.482 e. The number of halogens is 4. The van der Waals surface area contributed by atoms with Crippen LogP contribution < -0.4 is 10.1 Å². The predicted molar refractivity (Wildman–Crippen MR) is 82.9 cm³/mol. The van der Waals surface area contributed by atoms with E-state index < -0.39 is 42.6 Å². The molecule has 0 bridgehead atoms. The number of esters is 1. The zero-order chi connectivity index (χ0) is 19.2. The van der Waals surface area contributed by atoms with Gasteiger partial charge in [0.1, 0.15) is 11.6 Å². The number of rotatable bonds is 6. The van der Waals surface area contributed by atoms with Gasteiger partial charge in [-0.05, 0) is 30.3 Å². The van der Waals surface area contributed by atoms with E-state index in [-0.39, 0.29) is 11.4 Å². The lowest BCUT2D eigenvalue weighted by Gasteiger charge is -2.10. The number of hydrogen-bond donors (Lipinski definition) is 1. The fraction of sp³-hybridized carbons (Fsp3) is 0.176. The molecule has 5 nitrogen and oxygen atoms in total. The lowest BCUT2D eigenvalue weighted by atomic mass is 10.2. The lowest BCUT2D eigenvalue weighted by Crippen LogP contribution is -2.24. The number of para-hydroxylation sites is 1. The zero-order valence-electron chi connectivity index (χ0n) is 13.2. The molecule has 0 aliphatic carbocycles. The van der Waals surface area contributed by atoms with Gasteiger partial charge >= 0.3 is 12.1 Å². The van der Waals surface area contributed by atoms with Crippen LogP contribution in [0.4, 0.5) is 23.2 Å². The maximum atomic E-state index is 13.4. The normalized spacial score (nSPS) is 10.9. The highest BCUT2D eigenvalue weighted by Gasteiger charge is 2.30. The summed E-state index contributed by atoms with van der Waals surface area (Å²) < 4.78 is 60.6. The van der Waals surface area contributed by atoms with Crippen LogP contribution in [0.5, 0.6) is 5.75 Å². The van der Waals surface area contributed by atoms with E-state index in [4.69, 9.17) is 4.74 Å². The highest BCUT2D eigenvalue weighted by atomic mass is 19.4. The fourth-order valence-corrected chi connectivity index (χ4v) is 1.84.